The van der Waals surface area contributed by atoms with Crippen LogP contribution in [0.3, 0.4) is 0 Å². The molecule has 2 aliphatic rings. The Hall–Kier alpha value is -3.56. The molecule has 0 unspecified atom stereocenters. The van der Waals surface area contributed by atoms with Crippen molar-refractivity contribution in [3.8, 4) is 28.1 Å². The third-order valence-corrected chi connectivity index (χ3v) is 7.35. The zero-order valence-corrected chi connectivity index (χ0v) is 21.5. The molecule has 194 valence electrons. The summed E-state index contributed by atoms with van der Waals surface area (Å²) in [7, 11) is 1.60. The molecule has 3 aromatic rings. The van der Waals surface area contributed by atoms with Gasteiger partial charge in [0.25, 0.3) is 5.91 Å². The van der Waals surface area contributed by atoms with E-state index < -0.39 is 0 Å². The summed E-state index contributed by atoms with van der Waals surface area (Å²) in [6.45, 7) is 7.09. The predicted molar refractivity (Wildman–Crippen MR) is 142 cm³/mol. The fourth-order valence-corrected chi connectivity index (χ4v) is 5.33. The van der Waals surface area contributed by atoms with Gasteiger partial charge in [-0.15, -0.1) is 0 Å². The molecule has 9 heteroatoms. The van der Waals surface area contributed by atoms with Crippen molar-refractivity contribution in [2.24, 2.45) is 0 Å². The average Bonchev–Trinajstić information content (AvgIpc) is 2.97. The number of hydrogen-bond acceptors (Lipinski definition) is 8. The first-order valence-corrected chi connectivity index (χ1v) is 12.9. The van der Waals surface area contributed by atoms with Crippen LogP contribution in [0, 0.1) is 0 Å². The maximum absolute atomic E-state index is 13.5. The second kappa shape index (κ2) is 11.2. The lowest BCUT2D eigenvalue weighted by molar-refractivity contribution is 0.00156. The van der Waals surface area contributed by atoms with Crippen LogP contribution in [0.15, 0.2) is 42.9 Å². The minimum absolute atomic E-state index is 0.00344. The molecular weight excluding hydrogens is 468 g/mol. The molecule has 0 bridgehead atoms. The van der Waals surface area contributed by atoms with Crippen molar-refractivity contribution in [2.45, 2.75) is 32.2 Å². The molecule has 5 rings (SSSR count). The summed E-state index contributed by atoms with van der Waals surface area (Å²) in [4.78, 5) is 31.3. The van der Waals surface area contributed by atoms with E-state index in [0.717, 1.165) is 86.7 Å². The van der Waals surface area contributed by atoms with Gasteiger partial charge in [0, 0.05) is 55.1 Å². The Balaban J connectivity index is 1.40. The van der Waals surface area contributed by atoms with Gasteiger partial charge >= 0.3 is 0 Å². The number of morpholine rings is 1. The number of nitrogens with zero attached hydrogens (tertiary/aromatic N) is 5. The summed E-state index contributed by atoms with van der Waals surface area (Å²) < 4.78 is 11.2. The van der Waals surface area contributed by atoms with Crippen molar-refractivity contribution >= 4 is 11.7 Å². The molecule has 0 aliphatic carbocycles. The minimum Gasteiger partial charge on any atom is -0.496 e. The lowest BCUT2D eigenvalue weighted by Crippen LogP contribution is -2.50. The average molecular weight is 503 g/mol. The molecule has 2 saturated heterocycles. The normalized spacial score (nSPS) is 17.1. The molecule has 2 fully saturated rings. The van der Waals surface area contributed by atoms with E-state index in [1.54, 1.807) is 25.7 Å². The quantitative estimate of drug-likeness (QED) is 0.547. The van der Waals surface area contributed by atoms with Crippen LogP contribution in [0.1, 0.15) is 35.8 Å². The number of piperidine rings is 1. The van der Waals surface area contributed by atoms with Gasteiger partial charge in [0.05, 0.1) is 37.3 Å². The highest BCUT2D eigenvalue weighted by atomic mass is 16.5. The fourth-order valence-electron chi connectivity index (χ4n) is 5.33. The topological polar surface area (TPSA) is 107 Å². The predicted octanol–water partition coefficient (Wildman–Crippen LogP) is 3.30. The molecule has 2 aliphatic heterocycles. The van der Waals surface area contributed by atoms with Gasteiger partial charge in [0.1, 0.15) is 17.9 Å². The molecule has 0 saturated carbocycles. The number of carbonyl (C=O) groups excluding carboxylic acids is 1. The number of benzene rings is 1. The van der Waals surface area contributed by atoms with Gasteiger partial charge in [-0.3, -0.25) is 9.69 Å². The van der Waals surface area contributed by atoms with Crippen LogP contribution < -0.4 is 10.5 Å². The molecule has 4 heterocycles. The van der Waals surface area contributed by atoms with Crippen LogP contribution in [0.4, 0.5) is 5.82 Å². The second-order valence-electron chi connectivity index (χ2n) is 9.46. The van der Waals surface area contributed by atoms with E-state index >= 15 is 0 Å². The van der Waals surface area contributed by atoms with Crippen LogP contribution in [-0.4, -0.2) is 83.2 Å². The zero-order valence-electron chi connectivity index (χ0n) is 21.5. The van der Waals surface area contributed by atoms with Crippen molar-refractivity contribution in [3.05, 3.63) is 54.1 Å². The van der Waals surface area contributed by atoms with E-state index in [0.29, 0.717) is 23.2 Å². The number of aryl methyl sites for hydroxylation is 1. The number of pyridine rings is 1. The molecule has 9 nitrogen and oxygen atoms in total. The minimum atomic E-state index is 0.00344. The van der Waals surface area contributed by atoms with Gasteiger partial charge in [-0.1, -0.05) is 13.0 Å². The summed E-state index contributed by atoms with van der Waals surface area (Å²) in [5, 5.41) is 0. The van der Waals surface area contributed by atoms with E-state index in [9.17, 15) is 4.79 Å². The Morgan fingerprint density at radius 3 is 2.49 bits per heavy atom. The first kappa shape index (κ1) is 25.1. The number of ether oxygens (including phenoxy) is 2. The molecule has 0 spiro atoms. The van der Waals surface area contributed by atoms with Gasteiger partial charge in [-0.2, -0.15) is 0 Å². The van der Waals surface area contributed by atoms with Gasteiger partial charge in [0.15, 0.2) is 0 Å². The van der Waals surface area contributed by atoms with Crippen molar-refractivity contribution in [3.63, 3.8) is 0 Å². The molecule has 2 N–H and O–H groups in total. The number of anilines is 1. The number of hydrogen-bond donors (Lipinski definition) is 1. The van der Waals surface area contributed by atoms with Crippen molar-refractivity contribution < 1.29 is 14.3 Å². The second-order valence-corrected chi connectivity index (χ2v) is 9.46. The number of likely N-dealkylation sites (tertiary alicyclic amines) is 1. The summed E-state index contributed by atoms with van der Waals surface area (Å²) in [6.07, 6.45) is 6.01. The summed E-state index contributed by atoms with van der Waals surface area (Å²) in [5.74, 6) is 0.998. The number of methoxy groups -OCH3 is 1. The number of nitrogen functional groups attached to an aromatic ring is 1. The van der Waals surface area contributed by atoms with Crippen molar-refractivity contribution in [1.29, 1.82) is 0 Å². The molecule has 0 atom stereocenters. The number of amides is 1. The molecule has 2 aromatic heterocycles. The highest BCUT2D eigenvalue weighted by Crippen LogP contribution is 2.35. The van der Waals surface area contributed by atoms with E-state index in [2.05, 4.69) is 26.8 Å². The van der Waals surface area contributed by atoms with Crippen LogP contribution in [0.2, 0.25) is 0 Å². The Kier molecular flexibility index (Phi) is 7.62. The Morgan fingerprint density at radius 2 is 1.81 bits per heavy atom. The van der Waals surface area contributed by atoms with Crippen LogP contribution in [0.5, 0.6) is 5.75 Å². The number of aromatic nitrogens is 3. The summed E-state index contributed by atoms with van der Waals surface area (Å²) in [5.41, 5.74) is 10.7. The van der Waals surface area contributed by atoms with E-state index in [1.165, 1.54) is 0 Å². The Labute approximate surface area is 217 Å². The number of rotatable bonds is 6. The van der Waals surface area contributed by atoms with Gasteiger partial charge < -0.3 is 20.1 Å². The maximum Gasteiger partial charge on any atom is 0.257 e. The third-order valence-electron chi connectivity index (χ3n) is 7.35. The molecule has 1 aromatic carbocycles. The maximum atomic E-state index is 13.5. The zero-order chi connectivity index (χ0) is 25.8. The van der Waals surface area contributed by atoms with Crippen LogP contribution >= 0.6 is 0 Å². The van der Waals surface area contributed by atoms with E-state index in [-0.39, 0.29) is 5.91 Å². The monoisotopic (exact) mass is 502 g/mol. The standard InChI is InChI=1S/C28H34N6O3/c1-3-23-26(20-5-7-25(29)30-17-20)27(32-18-31-23)19-4-6-22(24(16-19)36-2)28(35)34-10-8-21(9-11-34)33-12-14-37-15-13-33/h4-7,16-18,21H,3,8-15H2,1-2H3,(H2,29,30). The molecule has 1 amide bonds. The first-order chi connectivity index (χ1) is 18.1. The lowest BCUT2D eigenvalue weighted by atomic mass is 9.96. The number of carbonyl (C=O) groups is 1. The largest absolute Gasteiger partial charge is 0.496 e. The smallest absolute Gasteiger partial charge is 0.257 e. The lowest BCUT2D eigenvalue weighted by Gasteiger charge is -2.40. The number of nitrogens with two attached hydrogens (primary N) is 1. The molecular formula is C28H34N6O3. The summed E-state index contributed by atoms with van der Waals surface area (Å²) in [6, 6.07) is 9.90. The SMILES string of the molecule is CCc1ncnc(-c2ccc(C(=O)N3CCC(N4CCOCC4)CC3)c(OC)c2)c1-c1ccc(N)nc1. The van der Waals surface area contributed by atoms with Crippen LogP contribution in [-0.2, 0) is 11.2 Å². The van der Waals surface area contributed by atoms with Crippen molar-refractivity contribution in [2.75, 3.05) is 52.2 Å². The highest BCUT2D eigenvalue weighted by Gasteiger charge is 2.29. The van der Waals surface area contributed by atoms with Gasteiger partial charge in [-0.25, -0.2) is 15.0 Å². The summed E-state index contributed by atoms with van der Waals surface area (Å²) >= 11 is 0. The first-order valence-electron chi connectivity index (χ1n) is 12.9. The van der Waals surface area contributed by atoms with Crippen molar-refractivity contribution in [1.82, 2.24) is 24.8 Å². The molecule has 0 radical (unpaired) electrons. The third kappa shape index (κ3) is 5.28. The van der Waals surface area contributed by atoms with Gasteiger partial charge in [-0.05, 0) is 43.5 Å². The Morgan fingerprint density at radius 1 is 1.05 bits per heavy atom. The Bertz CT molecular complexity index is 1240. The van der Waals surface area contributed by atoms with Gasteiger partial charge in [0.2, 0.25) is 0 Å². The molecule has 37 heavy (non-hydrogen) atoms. The van der Waals surface area contributed by atoms with E-state index in [1.807, 2.05) is 29.2 Å². The highest BCUT2D eigenvalue weighted by molar-refractivity contribution is 5.98. The van der Waals surface area contributed by atoms with E-state index in [4.69, 9.17) is 15.2 Å². The fraction of sp³-hybridized carbons (Fsp3) is 0.429. The van der Waals surface area contributed by atoms with Crippen LogP contribution in [0.25, 0.3) is 22.4 Å².